The van der Waals surface area contributed by atoms with Gasteiger partial charge in [-0.15, -0.1) is 5.11 Å². The number of nitrogens with one attached hydrogen (secondary N) is 1. The van der Waals surface area contributed by atoms with E-state index in [0.717, 1.165) is 6.07 Å². The second kappa shape index (κ2) is 8.78. The predicted octanol–water partition coefficient (Wildman–Crippen LogP) is 4.49. The smallest absolute Gasteiger partial charge is 0.321 e. The molecule has 0 saturated carbocycles. The van der Waals surface area contributed by atoms with Crippen molar-refractivity contribution in [1.29, 1.82) is 0 Å². The molecule has 3 aromatic rings. The normalized spacial score (nSPS) is 11.5. The topological polar surface area (TPSA) is 154 Å². The Balaban J connectivity index is 2.29. The molecule has 3 N–H and O–H groups in total. The average Bonchev–Trinajstić information content (AvgIpc) is 2.72. The van der Waals surface area contributed by atoms with Gasteiger partial charge in [0.25, 0.3) is 10.1 Å². The Hall–Kier alpha value is -3.67. The molecule has 3 aromatic carbocycles. The van der Waals surface area contributed by atoms with Gasteiger partial charge in [0.05, 0.1) is 17.2 Å². The van der Waals surface area contributed by atoms with Gasteiger partial charge in [0, 0.05) is 11.3 Å². The van der Waals surface area contributed by atoms with Gasteiger partial charge < -0.3 is 10.4 Å². The summed E-state index contributed by atoms with van der Waals surface area (Å²) in [5, 5.41) is 32.1. The first kappa shape index (κ1) is 21.0. The number of nitrogens with zero attached hydrogens (tertiary/aromatic N) is 3. The van der Waals surface area contributed by atoms with Crippen molar-refractivity contribution in [2.45, 2.75) is 11.5 Å². The lowest BCUT2D eigenvalue weighted by Crippen LogP contribution is -2.08. The van der Waals surface area contributed by atoms with E-state index in [9.17, 15) is 28.2 Å². The molecule has 0 radical (unpaired) electrons. The Kier molecular flexibility index (Phi) is 6.16. The Morgan fingerprint density at radius 3 is 2.13 bits per heavy atom. The van der Waals surface area contributed by atoms with Crippen molar-refractivity contribution in [2.75, 3.05) is 5.32 Å². The van der Waals surface area contributed by atoms with Crippen LogP contribution in [0.4, 0.5) is 28.4 Å². The SMILES string of the molecule is O=[N+]([O-])c1c(N=Nc2ccccc2)c(CO)cc(S(=O)(=O)O)c1Nc1ccccc1. The van der Waals surface area contributed by atoms with Crippen LogP contribution < -0.4 is 5.32 Å². The Bertz CT molecular complexity index is 1200. The van der Waals surface area contributed by atoms with Gasteiger partial charge in [0.15, 0.2) is 5.69 Å². The number of hydrogen-bond donors (Lipinski definition) is 3. The van der Waals surface area contributed by atoms with Gasteiger partial charge in [-0.2, -0.15) is 13.5 Å². The molecule has 0 fully saturated rings. The predicted molar refractivity (Wildman–Crippen MR) is 109 cm³/mol. The number of azo groups is 1. The average molecular weight is 428 g/mol. The summed E-state index contributed by atoms with van der Waals surface area (Å²) >= 11 is 0. The van der Waals surface area contributed by atoms with Crippen LogP contribution >= 0.6 is 0 Å². The van der Waals surface area contributed by atoms with Crippen molar-refractivity contribution < 1.29 is 23.0 Å². The molecule has 0 saturated heterocycles. The van der Waals surface area contributed by atoms with Crippen LogP contribution in [0.15, 0.2) is 81.9 Å². The van der Waals surface area contributed by atoms with Crippen LogP contribution in [0.25, 0.3) is 0 Å². The monoisotopic (exact) mass is 428 g/mol. The van der Waals surface area contributed by atoms with Crippen LogP contribution in [0.3, 0.4) is 0 Å². The molecule has 0 aromatic heterocycles. The van der Waals surface area contributed by atoms with E-state index in [2.05, 4.69) is 15.5 Å². The summed E-state index contributed by atoms with van der Waals surface area (Å²) in [5.41, 5.74) is -1.03. The van der Waals surface area contributed by atoms with Gasteiger partial charge in [-0.1, -0.05) is 36.4 Å². The highest BCUT2D eigenvalue weighted by atomic mass is 32.2. The second-order valence-electron chi connectivity index (χ2n) is 6.02. The van der Waals surface area contributed by atoms with Crippen molar-refractivity contribution in [3.63, 3.8) is 0 Å². The van der Waals surface area contributed by atoms with Crippen molar-refractivity contribution in [1.82, 2.24) is 0 Å². The summed E-state index contributed by atoms with van der Waals surface area (Å²) < 4.78 is 33.5. The molecule has 0 bridgehead atoms. The molecule has 154 valence electrons. The summed E-state index contributed by atoms with van der Waals surface area (Å²) in [5.74, 6) is 0. The highest BCUT2D eigenvalue weighted by Gasteiger charge is 2.32. The Labute approximate surface area is 171 Å². The Morgan fingerprint density at radius 1 is 1.00 bits per heavy atom. The van der Waals surface area contributed by atoms with Crippen molar-refractivity contribution in [3.8, 4) is 0 Å². The van der Waals surface area contributed by atoms with E-state index in [1.54, 1.807) is 60.7 Å². The number of aliphatic hydroxyl groups excluding tert-OH is 1. The maximum Gasteiger partial charge on any atom is 0.321 e. The lowest BCUT2D eigenvalue weighted by molar-refractivity contribution is -0.383. The molecule has 0 atom stereocenters. The standard InChI is InChI=1S/C19H16N4O6S/c24-12-13-11-16(30(27,28)29)18(20-14-7-3-1-4-8-14)19(23(25)26)17(13)22-21-15-9-5-2-6-10-15/h1-11,20,24H,12H2,(H,27,28,29). The third-order valence-corrected chi connectivity index (χ3v) is 4.89. The number of nitro benzene ring substituents is 1. The third-order valence-electron chi connectivity index (χ3n) is 4.01. The van der Waals surface area contributed by atoms with E-state index in [1.165, 1.54) is 0 Å². The summed E-state index contributed by atoms with van der Waals surface area (Å²) in [4.78, 5) is 10.3. The fourth-order valence-corrected chi connectivity index (χ4v) is 3.39. The van der Waals surface area contributed by atoms with E-state index in [-0.39, 0.29) is 11.3 Å². The number of para-hydroxylation sites is 1. The molecule has 0 unspecified atom stereocenters. The number of aliphatic hydroxyl groups is 1. The number of benzene rings is 3. The fourth-order valence-electron chi connectivity index (χ4n) is 2.69. The molecule has 3 rings (SSSR count). The van der Waals surface area contributed by atoms with Crippen LogP contribution in [0, 0.1) is 10.1 Å². The molecule has 0 aliphatic carbocycles. The van der Waals surface area contributed by atoms with Gasteiger partial charge in [0.2, 0.25) is 0 Å². The van der Waals surface area contributed by atoms with Gasteiger partial charge in [-0.05, 0) is 30.3 Å². The molecule has 30 heavy (non-hydrogen) atoms. The second-order valence-corrected chi connectivity index (χ2v) is 7.41. The molecular weight excluding hydrogens is 412 g/mol. The number of hydrogen-bond acceptors (Lipinski definition) is 8. The molecule has 11 heteroatoms. The highest BCUT2D eigenvalue weighted by Crippen LogP contribution is 2.44. The molecule has 10 nitrogen and oxygen atoms in total. The first-order chi connectivity index (χ1) is 14.3. The van der Waals surface area contributed by atoms with Gasteiger partial charge in [-0.3, -0.25) is 14.7 Å². The van der Waals surface area contributed by atoms with E-state index >= 15 is 0 Å². The summed E-state index contributed by atoms with van der Waals surface area (Å²) in [7, 11) is -4.88. The highest BCUT2D eigenvalue weighted by molar-refractivity contribution is 7.86. The summed E-state index contributed by atoms with van der Waals surface area (Å²) in [6, 6.07) is 17.4. The molecule has 0 aliphatic heterocycles. The van der Waals surface area contributed by atoms with E-state index in [4.69, 9.17) is 0 Å². The summed E-state index contributed by atoms with van der Waals surface area (Å²) in [6.45, 7) is -0.766. The van der Waals surface area contributed by atoms with Gasteiger partial charge >= 0.3 is 5.69 Å². The van der Waals surface area contributed by atoms with Crippen LogP contribution in [-0.4, -0.2) is 23.0 Å². The number of anilines is 2. The number of rotatable bonds is 7. The Morgan fingerprint density at radius 2 is 1.60 bits per heavy atom. The zero-order valence-electron chi connectivity index (χ0n) is 15.3. The lowest BCUT2D eigenvalue weighted by atomic mass is 10.1. The van der Waals surface area contributed by atoms with Crippen molar-refractivity contribution >= 4 is 38.6 Å². The molecule has 0 heterocycles. The van der Waals surface area contributed by atoms with E-state index in [0.29, 0.717) is 11.4 Å². The molecule has 0 amide bonds. The minimum absolute atomic E-state index is 0.187. The molecule has 0 spiro atoms. The molecule has 0 aliphatic rings. The van der Waals surface area contributed by atoms with E-state index < -0.39 is 37.9 Å². The first-order valence-corrected chi connectivity index (χ1v) is 9.96. The maximum absolute atomic E-state index is 11.9. The van der Waals surface area contributed by atoms with E-state index in [1.807, 2.05) is 0 Å². The maximum atomic E-state index is 11.9. The number of nitro groups is 1. The van der Waals surface area contributed by atoms with Gasteiger partial charge in [-0.25, -0.2) is 0 Å². The minimum atomic E-state index is -4.88. The van der Waals surface area contributed by atoms with Crippen LogP contribution in [0.5, 0.6) is 0 Å². The fraction of sp³-hybridized carbons (Fsp3) is 0.0526. The van der Waals surface area contributed by atoms with Crippen LogP contribution in [0.2, 0.25) is 0 Å². The zero-order chi connectivity index (χ0) is 21.7. The largest absolute Gasteiger partial charge is 0.392 e. The van der Waals surface area contributed by atoms with Crippen molar-refractivity contribution in [2.24, 2.45) is 10.2 Å². The van der Waals surface area contributed by atoms with Gasteiger partial charge in [0.1, 0.15) is 10.6 Å². The zero-order valence-corrected chi connectivity index (χ0v) is 16.2. The minimum Gasteiger partial charge on any atom is -0.392 e. The van der Waals surface area contributed by atoms with Crippen LogP contribution in [-0.2, 0) is 16.7 Å². The van der Waals surface area contributed by atoms with Crippen molar-refractivity contribution in [3.05, 3.63) is 82.4 Å². The molecular formula is C19H16N4O6S. The van der Waals surface area contributed by atoms with Crippen LogP contribution in [0.1, 0.15) is 5.56 Å². The third kappa shape index (κ3) is 4.66. The first-order valence-electron chi connectivity index (χ1n) is 8.52. The summed E-state index contributed by atoms with van der Waals surface area (Å²) in [6.07, 6.45) is 0. The lowest BCUT2D eigenvalue weighted by Gasteiger charge is -2.14. The quantitative estimate of drug-likeness (QED) is 0.217.